The van der Waals surface area contributed by atoms with Gasteiger partial charge in [0.1, 0.15) is 5.75 Å². The van der Waals surface area contributed by atoms with Gasteiger partial charge in [-0.2, -0.15) is 0 Å². The van der Waals surface area contributed by atoms with Gasteiger partial charge in [0.2, 0.25) is 5.88 Å². The minimum Gasteiger partial charge on any atom is -0.439 e. The lowest BCUT2D eigenvalue weighted by atomic mass is 10.2. The highest BCUT2D eigenvalue weighted by atomic mass is 79.9. The maximum Gasteiger partial charge on any atom is 0.219 e. The van der Waals surface area contributed by atoms with Crippen LogP contribution in [0.1, 0.15) is 24.0 Å². The van der Waals surface area contributed by atoms with E-state index in [0.29, 0.717) is 16.9 Å². The maximum absolute atomic E-state index is 6.18. The van der Waals surface area contributed by atoms with Gasteiger partial charge in [0.25, 0.3) is 0 Å². The molecular formula is C16H16BrClN2O. The highest BCUT2D eigenvalue weighted by Gasteiger charge is 2.20. The molecule has 0 unspecified atom stereocenters. The van der Waals surface area contributed by atoms with Crippen molar-refractivity contribution in [1.82, 2.24) is 10.3 Å². The molecule has 1 aliphatic rings. The van der Waals surface area contributed by atoms with Crippen LogP contribution in [0.3, 0.4) is 0 Å². The van der Waals surface area contributed by atoms with Crippen LogP contribution in [-0.2, 0) is 6.54 Å². The number of nitrogens with zero attached hydrogens (tertiary/aromatic N) is 1. The molecule has 21 heavy (non-hydrogen) atoms. The van der Waals surface area contributed by atoms with Gasteiger partial charge in [-0.1, -0.05) is 27.5 Å². The molecule has 1 saturated carbocycles. The molecule has 1 aromatic heterocycles. The second-order valence-electron chi connectivity index (χ2n) is 5.28. The van der Waals surface area contributed by atoms with Gasteiger partial charge in [-0.25, -0.2) is 4.98 Å². The summed E-state index contributed by atoms with van der Waals surface area (Å²) in [6.07, 6.45) is 4.15. The normalized spacial score (nSPS) is 14.2. The highest BCUT2D eigenvalue weighted by Crippen LogP contribution is 2.28. The number of rotatable bonds is 5. The molecule has 0 bridgehead atoms. The van der Waals surface area contributed by atoms with E-state index < -0.39 is 0 Å². The van der Waals surface area contributed by atoms with Crippen molar-refractivity contribution in [1.29, 1.82) is 0 Å². The van der Waals surface area contributed by atoms with E-state index in [9.17, 15) is 0 Å². The molecule has 0 aliphatic heterocycles. The first-order valence-electron chi connectivity index (χ1n) is 6.93. The van der Waals surface area contributed by atoms with E-state index in [1.807, 2.05) is 31.2 Å². The number of ether oxygens (including phenoxy) is 1. The Bertz CT molecular complexity index is 659. The van der Waals surface area contributed by atoms with Crippen molar-refractivity contribution < 1.29 is 4.74 Å². The van der Waals surface area contributed by atoms with Crippen molar-refractivity contribution in [2.24, 2.45) is 0 Å². The minimum atomic E-state index is 0.564. The fourth-order valence-corrected chi connectivity index (χ4v) is 2.41. The quantitative estimate of drug-likeness (QED) is 0.820. The molecule has 0 amide bonds. The number of nitrogens with one attached hydrogen (secondary N) is 1. The SMILES string of the molecule is Cc1cc(Oc2cc(CNC3CC3)c(Cl)cn2)ccc1Br. The number of hydrogen-bond acceptors (Lipinski definition) is 3. The molecule has 0 spiro atoms. The summed E-state index contributed by atoms with van der Waals surface area (Å²) in [6.45, 7) is 2.78. The molecule has 0 atom stereocenters. The summed E-state index contributed by atoms with van der Waals surface area (Å²) in [4.78, 5) is 4.24. The van der Waals surface area contributed by atoms with Gasteiger partial charge in [0.05, 0.1) is 5.02 Å². The molecule has 1 fully saturated rings. The summed E-state index contributed by atoms with van der Waals surface area (Å²) >= 11 is 9.66. The van der Waals surface area contributed by atoms with Crippen LogP contribution >= 0.6 is 27.5 Å². The topological polar surface area (TPSA) is 34.1 Å². The summed E-state index contributed by atoms with van der Waals surface area (Å²) in [6, 6.07) is 8.40. The number of aromatic nitrogens is 1. The largest absolute Gasteiger partial charge is 0.439 e. The van der Waals surface area contributed by atoms with E-state index in [0.717, 1.165) is 27.9 Å². The molecular weight excluding hydrogens is 352 g/mol. The highest BCUT2D eigenvalue weighted by molar-refractivity contribution is 9.10. The summed E-state index contributed by atoms with van der Waals surface area (Å²) in [7, 11) is 0. The van der Waals surface area contributed by atoms with Gasteiger partial charge in [-0.05, 0) is 49.1 Å². The predicted molar refractivity (Wildman–Crippen MR) is 88.1 cm³/mol. The molecule has 0 radical (unpaired) electrons. The van der Waals surface area contributed by atoms with Crippen molar-refractivity contribution >= 4 is 27.5 Å². The van der Waals surface area contributed by atoms with Crippen LogP contribution in [0, 0.1) is 6.92 Å². The molecule has 1 aromatic carbocycles. The Morgan fingerprint density at radius 1 is 1.38 bits per heavy atom. The smallest absolute Gasteiger partial charge is 0.219 e. The Morgan fingerprint density at radius 2 is 2.19 bits per heavy atom. The van der Waals surface area contributed by atoms with Crippen LogP contribution in [-0.4, -0.2) is 11.0 Å². The minimum absolute atomic E-state index is 0.564. The fourth-order valence-electron chi connectivity index (χ4n) is 1.99. The van der Waals surface area contributed by atoms with E-state index in [4.69, 9.17) is 16.3 Å². The van der Waals surface area contributed by atoms with Crippen LogP contribution in [0.2, 0.25) is 5.02 Å². The standard InChI is InChI=1S/C16H16BrClN2O/c1-10-6-13(4-5-14(10)17)21-16-7-11(15(18)9-20-16)8-19-12-2-3-12/h4-7,9,12,19H,2-3,8H2,1H3. The van der Waals surface area contributed by atoms with Crippen LogP contribution in [0.25, 0.3) is 0 Å². The van der Waals surface area contributed by atoms with Crippen molar-refractivity contribution in [2.45, 2.75) is 32.4 Å². The lowest BCUT2D eigenvalue weighted by Crippen LogP contribution is -2.15. The molecule has 1 N–H and O–H groups in total. The lowest BCUT2D eigenvalue weighted by molar-refractivity contribution is 0.461. The van der Waals surface area contributed by atoms with Crippen LogP contribution in [0.15, 0.2) is 34.9 Å². The molecule has 1 heterocycles. The number of hydrogen-bond donors (Lipinski definition) is 1. The lowest BCUT2D eigenvalue weighted by Gasteiger charge is -2.10. The third-order valence-electron chi connectivity index (χ3n) is 3.42. The summed E-state index contributed by atoms with van der Waals surface area (Å²) in [5.74, 6) is 1.33. The first-order chi connectivity index (χ1) is 10.1. The first kappa shape index (κ1) is 14.8. The molecule has 5 heteroatoms. The van der Waals surface area contributed by atoms with Gasteiger partial charge >= 0.3 is 0 Å². The average molecular weight is 368 g/mol. The maximum atomic E-state index is 6.18. The third kappa shape index (κ3) is 3.96. The summed E-state index contributed by atoms with van der Waals surface area (Å²) in [5, 5.41) is 4.12. The summed E-state index contributed by atoms with van der Waals surface area (Å²) in [5.41, 5.74) is 2.14. The Morgan fingerprint density at radius 3 is 2.90 bits per heavy atom. The summed E-state index contributed by atoms with van der Waals surface area (Å²) < 4.78 is 6.88. The van der Waals surface area contributed by atoms with Crippen LogP contribution in [0.4, 0.5) is 0 Å². The van der Waals surface area contributed by atoms with E-state index in [-0.39, 0.29) is 0 Å². The number of halogens is 2. The molecule has 2 aromatic rings. The second kappa shape index (κ2) is 6.34. The molecule has 3 rings (SSSR count). The second-order valence-corrected chi connectivity index (χ2v) is 6.54. The Labute approximate surface area is 137 Å². The van der Waals surface area contributed by atoms with Crippen molar-refractivity contribution in [3.05, 3.63) is 51.1 Å². The Kier molecular flexibility index (Phi) is 4.48. The van der Waals surface area contributed by atoms with Gasteiger partial charge in [0, 0.05) is 29.3 Å². The van der Waals surface area contributed by atoms with Gasteiger partial charge in [0.15, 0.2) is 0 Å². The van der Waals surface area contributed by atoms with Gasteiger partial charge < -0.3 is 10.1 Å². The van der Waals surface area contributed by atoms with Crippen LogP contribution in [0.5, 0.6) is 11.6 Å². The first-order valence-corrected chi connectivity index (χ1v) is 8.11. The Hall–Kier alpha value is -1.10. The van der Waals surface area contributed by atoms with E-state index in [1.54, 1.807) is 6.20 Å². The van der Waals surface area contributed by atoms with Crippen molar-refractivity contribution in [3.63, 3.8) is 0 Å². The van der Waals surface area contributed by atoms with Crippen LogP contribution < -0.4 is 10.1 Å². The number of aryl methyl sites for hydroxylation is 1. The van der Waals surface area contributed by atoms with E-state index in [1.165, 1.54) is 12.8 Å². The predicted octanol–water partition coefficient (Wildman–Crippen LogP) is 4.85. The molecule has 1 aliphatic carbocycles. The average Bonchev–Trinajstić information content (AvgIpc) is 3.28. The number of pyridine rings is 1. The van der Waals surface area contributed by atoms with E-state index in [2.05, 4.69) is 26.2 Å². The van der Waals surface area contributed by atoms with Gasteiger partial charge in [-0.15, -0.1) is 0 Å². The van der Waals surface area contributed by atoms with Gasteiger partial charge in [-0.3, -0.25) is 0 Å². The molecule has 110 valence electrons. The molecule has 0 saturated heterocycles. The zero-order valence-corrected chi connectivity index (χ0v) is 14.0. The Balaban J connectivity index is 1.74. The third-order valence-corrected chi connectivity index (χ3v) is 4.65. The number of benzene rings is 1. The zero-order chi connectivity index (χ0) is 14.8. The van der Waals surface area contributed by atoms with Crippen molar-refractivity contribution in [3.8, 4) is 11.6 Å². The fraction of sp³-hybridized carbons (Fsp3) is 0.312. The zero-order valence-electron chi connectivity index (χ0n) is 11.7. The van der Waals surface area contributed by atoms with Crippen molar-refractivity contribution in [2.75, 3.05) is 0 Å². The monoisotopic (exact) mass is 366 g/mol. The van der Waals surface area contributed by atoms with E-state index >= 15 is 0 Å². The molecule has 3 nitrogen and oxygen atoms in total.